The fraction of sp³-hybridized carbons (Fsp3) is 0.538. The number of nitrogens with zero attached hydrogens (tertiary/aromatic N) is 5. The zero-order valence-electron chi connectivity index (χ0n) is 20.5. The van der Waals surface area contributed by atoms with Crippen molar-refractivity contribution >= 4 is 34.7 Å². The molecule has 3 heterocycles. The van der Waals surface area contributed by atoms with Crippen LogP contribution < -0.4 is 10.6 Å². The summed E-state index contributed by atoms with van der Waals surface area (Å²) in [5.74, 6) is -0.512. The first-order valence-corrected chi connectivity index (χ1v) is 12.5. The van der Waals surface area contributed by atoms with Crippen molar-refractivity contribution < 1.29 is 18.3 Å². The molecule has 1 saturated heterocycles. The molecule has 1 saturated carbocycles. The predicted octanol–water partition coefficient (Wildman–Crippen LogP) is 4.89. The molecule has 1 amide bonds. The smallest absolute Gasteiger partial charge is 0.225 e. The Labute approximate surface area is 215 Å². The first kappa shape index (κ1) is 26.7. The van der Waals surface area contributed by atoms with Crippen molar-refractivity contribution in [3.05, 3.63) is 36.0 Å². The van der Waals surface area contributed by atoms with E-state index in [1.54, 1.807) is 6.20 Å². The van der Waals surface area contributed by atoms with Crippen LogP contribution in [0.15, 0.2) is 24.4 Å². The van der Waals surface area contributed by atoms with Gasteiger partial charge in [-0.05, 0) is 51.7 Å². The summed E-state index contributed by atoms with van der Waals surface area (Å²) in [5, 5.41) is 6.06. The Morgan fingerprint density at radius 3 is 2.41 bits per heavy atom. The molecule has 0 radical (unpaired) electrons. The molecule has 11 heteroatoms. The number of aromatic nitrogens is 4. The number of carbonyl (C=O) groups is 1. The number of carbonyl (C=O) groups excluding carboxylic acids is 1. The van der Waals surface area contributed by atoms with E-state index < -0.39 is 11.6 Å². The van der Waals surface area contributed by atoms with Gasteiger partial charge in [0.15, 0.2) is 5.65 Å². The first-order chi connectivity index (χ1) is 17.4. The highest BCUT2D eigenvalue weighted by atomic mass is 19.1. The van der Waals surface area contributed by atoms with Crippen molar-refractivity contribution in [3.8, 4) is 0 Å². The molecular formula is C26H35F2N7O2. The summed E-state index contributed by atoms with van der Waals surface area (Å²) >= 11 is 0. The van der Waals surface area contributed by atoms with Gasteiger partial charge in [-0.1, -0.05) is 13.5 Å². The van der Waals surface area contributed by atoms with E-state index in [0.717, 1.165) is 25.7 Å². The average Bonchev–Trinajstić information content (AvgIpc) is 3.23. The van der Waals surface area contributed by atoms with Gasteiger partial charge in [-0.3, -0.25) is 9.36 Å². The Hall–Kier alpha value is -3.34. The highest BCUT2D eigenvalue weighted by Gasteiger charge is 2.33. The molecule has 37 heavy (non-hydrogen) atoms. The van der Waals surface area contributed by atoms with E-state index >= 15 is 0 Å². The number of amides is 1. The summed E-state index contributed by atoms with van der Waals surface area (Å²) in [7, 11) is 0. The SMILES string of the molecule is C.CC(C)Nc1ncc2nc(Nc3c(F)cccc3F)n(C3CCC(C(=O)N4CCOCC4)CC3)c2n1. The number of fused-ring (bicyclic) bond motifs is 1. The number of ether oxygens (including phenoxy) is 1. The molecule has 200 valence electrons. The highest BCUT2D eigenvalue weighted by molar-refractivity contribution is 5.79. The Bertz CT molecular complexity index is 1210. The van der Waals surface area contributed by atoms with Gasteiger partial charge in [0, 0.05) is 31.1 Å². The molecule has 1 aliphatic carbocycles. The molecule has 0 bridgehead atoms. The fourth-order valence-corrected chi connectivity index (χ4v) is 5.00. The van der Waals surface area contributed by atoms with Gasteiger partial charge in [-0.25, -0.2) is 18.7 Å². The van der Waals surface area contributed by atoms with Crippen LogP contribution in [-0.4, -0.2) is 62.7 Å². The number of rotatable bonds is 6. The molecule has 0 unspecified atom stereocenters. The number of hydrogen-bond acceptors (Lipinski definition) is 7. The normalized spacial score (nSPS) is 20.1. The zero-order chi connectivity index (χ0) is 25.2. The van der Waals surface area contributed by atoms with Crippen LogP contribution in [0, 0.1) is 17.6 Å². The Morgan fingerprint density at radius 2 is 1.76 bits per heavy atom. The maximum Gasteiger partial charge on any atom is 0.225 e. The van der Waals surface area contributed by atoms with E-state index in [1.807, 2.05) is 23.3 Å². The summed E-state index contributed by atoms with van der Waals surface area (Å²) in [6, 6.07) is 3.81. The van der Waals surface area contributed by atoms with E-state index in [4.69, 9.17) is 4.74 Å². The molecule has 2 fully saturated rings. The number of anilines is 3. The van der Waals surface area contributed by atoms with Crippen LogP contribution in [0.25, 0.3) is 11.2 Å². The van der Waals surface area contributed by atoms with Crippen LogP contribution in [-0.2, 0) is 9.53 Å². The van der Waals surface area contributed by atoms with E-state index in [0.29, 0.717) is 49.4 Å². The van der Waals surface area contributed by atoms with E-state index in [9.17, 15) is 13.6 Å². The van der Waals surface area contributed by atoms with Gasteiger partial charge in [0.1, 0.15) is 22.8 Å². The lowest BCUT2D eigenvalue weighted by Crippen LogP contribution is -2.44. The monoisotopic (exact) mass is 515 g/mol. The molecule has 0 spiro atoms. The maximum atomic E-state index is 14.5. The third kappa shape index (κ3) is 5.66. The maximum absolute atomic E-state index is 14.5. The summed E-state index contributed by atoms with van der Waals surface area (Å²) in [4.78, 5) is 28.5. The number of morpholine rings is 1. The van der Waals surface area contributed by atoms with Crippen LogP contribution in [0.3, 0.4) is 0 Å². The lowest BCUT2D eigenvalue weighted by molar-refractivity contribution is -0.140. The van der Waals surface area contributed by atoms with Gasteiger partial charge < -0.3 is 20.3 Å². The number of imidazole rings is 1. The number of hydrogen-bond donors (Lipinski definition) is 2. The van der Waals surface area contributed by atoms with Gasteiger partial charge in [0.05, 0.1) is 19.4 Å². The van der Waals surface area contributed by atoms with Gasteiger partial charge in [0.2, 0.25) is 17.8 Å². The molecule has 9 nitrogen and oxygen atoms in total. The molecule has 2 aromatic heterocycles. The minimum absolute atomic E-state index is 0. The van der Waals surface area contributed by atoms with Crippen LogP contribution >= 0.6 is 0 Å². The number of benzene rings is 1. The second-order valence-corrected chi connectivity index (χ2v) is 9.67. The van der Waals surface area contributed by atoms with E-state index in [1.165, 1.54) is 18.2 Å². The van der Waals surface area contributed by atoms with Gasteiger partial charge >= 0.3 is 0 Å². The van der Waals surface area contributed by atoms with Crippen molar-refractivity contribution in [1.82, 2.24) is 24.4 Å². The third-order valence-corrected chi connectivity index (χ3v) is 6.78. The van der Waals surface area contributed by atoms with Gasteiger partial charge in [-0.2, -0.15) is 4.98 Å². The van der Waals surface area contributed by atoms with Crippen LogP contribution in [0.1, 0.15) is 53.0 Å². The summed E-state index contributed by atoms with van der Waals surface area (Å²) in [6.45, 7) is 6.41. The molecule has 0 atom stereocenters. The van der Waals surface area contributed by atoms with Crippen molar-refractivity contribution in [1.29, 1.82) is 0 Å². The summed E-state index contributed by atoms with van der Waals surface area (Å²) < 4.78 is 36.2. The Kier molecular flexibility index (Phi) is 8.21. The first-order valence-electron chi connectivity index (χ1n) is 12.5. The fourth-order valence-electron chi connectivity index (χ4n) is 5.00. The van der Waals surface area contributed by atoms with Crippen molar-refractivity contribution in [2.75, 3.05) is 36.9 Å². The van der Waals surface area contributed by atoms with Crippen molar-refractivity contribution in [2.45, 2.75) is 59.0 Å². The minimum atomic E-state index is -0.707. The molecule has 1 aromatic carbocycles. The highest BCUT2D eigenvalue weighted by Crippen LogP contribution is 2.38. The summed E-state index contributed by atoms with van der Waals surface area (Å²) in [5.41, 5.74) is 0.837. The molecule has 1 aliphatic heterocycles. The lowest BCUT2D eigenvalue weighted by Gasteiger charge is -2.34. The second-order valence-electron chi connectivity index (χ2n) is 9.67. The van der Waals surface area contributed by atoms with Crippen LogP contribution in [0.4, 0.5) is 26.4 Å². The van der Waals surface area contributed by atoms with E-state index in [-0.39, 0.29) is 37.0 Å². The number of para-hydroxylation sites is 1. The standard InChI is InChI=1S/C25H31F2N7O2.CH4/c1-15(2)29-24-28-14-20-22(32-24)34(25(30-20)31-21-18(26)4-3-5-19(21)27)17-8-6-16(7-9-17)23(35)33-10-12-36-13-11-33;/h3-5,14-17H,6-13H2,1-2H3,(H,30,31)(H,28,29,32);1H4. The van der Waals surface area contributed by atoms with E-state index in [2.05, 4.69) is 25.6 Å². The number of nitrogens with one attached hydrogen (secondary N) is 2. The average molecular weight is 516 g/mol. The third-order valence-electron chi connectivity index (χ3n) is 6.78. The summed E-state index contributed by atoms with van der Waals surface area (Å²) in [6.07, 6.45) is 4.49. The quantitative estimate of drug-likeness (QED) is 0.482. The van der Waals surface area contributed by atoms with Gasteiger partial charge in [-0.15, -0.1) is 0 Å². The van der Waals surface area contributed by atoms with Crippen LogP contribution in [0.5, 0.6) is 0 Å². The predicted molar refractivity (Wildman–Crippen MR) is 139 cm³/mol. The number of halogens is 2. The van der Waals surface area contributed by atoms with Crippen molar-refractivity contribution in [2.24, 2.45) is 5.92 Å². The molecule has 2 N–H and O–H groups in total. The van der Waals surface area contributed by atoms with Crippen molar-refractivity contribution in [3.63, 3.8) is 0 Å². The lowest BCUT2D eigenvalue weighted by atomic mass is 9.85. The minimum Gasteiger partial charge on any atom is -0.378 e. The van der Waals surface area contributed by atoms with Crippen LogP contribution in [0.2, 0.25) is 0 Å². The zero-order valence-corrected chi connectivity index (χ0v) is 20.5. The Morgan fingerprint density at radius 1 is 1.08 bits per heavy atom. The topological polar surface area (TPSA) is 97.2 Å². The molecular weight excluding hydrogens is 480 g/mol. The largest absolute Gasteiger partial charge is 0.378 e. The van der Waals surface area contributed by atoms with Gasteiger partial charge in [0.25, 0.3) is 0 Å². The molecule has 2 aliphatic rings. The molecule has 5 rings (SSSR count). The second kappa shape index (κ2) is 11.4. The Balaban J connectivity index is 0.00000320. The molecule has 3 aromatic rings.